The molecule has 2 fully saturated rings. The number of allylic oxidation sites excluding steroid dienone is 2. The summed E-state index contributed by atoms with van der Waals surface area (Å²) in [4.78, 5) is 26.6. The third-order valence-corrected chi connectivity index (χ3v) is 6.51. The molecule has 3 rings (SSSR count). The summed E-state index contributed by atoms with van der Waals surface area (Å²) >= 11 is 0. The van der Waals surface area contributed by atoms with E-state index in [4.69, 9.17) is 16.2 Å². The number of esters is 1. The van der Waals surface area contributed by atoms with E-state index in [9.17, 15) is 9.59 Å². The molecule has 168 valence electrons. The van der Waals surface area contributed by atoms with E-state index in [1.165, 1.54) is 11.2 Å². The van der Waals surface area contributed by atoms with Gasteiger partial charge in [0.2, 0.25) is 5.91 Å². The molecule has 31 heavy (non-hydrogen) atoms. The van der Waals surface area contributed by atoms with Crippen molar-refractivity contribution in [1.82, 2.24) is 15.2 Å². The zero-order valence-electron chi connectivity index (χ0n) is 18.1. The fourth-order valence-electron chi connectivity index (χ4n) is 4.50. The lowest BCUT2D eigenvalue weighted by molar-refractivity contribution is -0.138. The van der Waals surface area contributed by atoms with Gasteiger partial charge < -0.3 is 26.4 Å². The number of ether oxygens (including phenoxy) is 1. The van der Waals surface area contributed by atoms with E-state index in [1.807, 2.05) is 0 Å². The maximum Gasteiger partial charge on any atom is 0.336 e. The molecule has 1 aliphatic carbocycles. The van der Waals surface area contributed by atoms with E-state index >= 15 is 0 Å². The molecule has 0 unspecified atom stereocenters. The molecule has 2 heterocycles. The van der Waals surface area contributed by atoms with Gasteiger partial charge in [-0.05, 0) is 51.2 Å². The number of nitrogens with zero attached hydrogens (tertiary/aromatic N) is 3. The zero-order valence-corrected chi connectivity index (χ0v) is 18.1. The quantitative estimate of drug-likeness (QED) is 0.230. The number of amides is 1. The van der Waals surface area contributed by atoms with E-state index in [1.54, 1.807) is 24.0 Å². The number of hydrogen-bond acceptors (Lipinski definition) is 8. The van der Waals surface area contributed by atoms with Crippen LogP contribution >= 0.6 is 0 Å². The molecule has 0 atom stereocenters. The second-order valence-electron chi connectivity index (χ2n) is 8.29. The molecule has 3 aliphatic rings. The van der Waals surface area contributed by atoms with Crippen LogP contribution in [0, 0.1) is 5.41 Å². The van der Waals surface area contributed by atoms with Gasteiger partial charge in [0.05, 0.1) is 16.7 Å². The average Bonchev–Trinajstić information content (AvgIpc) is 3.26. The van der Waals surface area contributed by atoms with Gasteiger partial charge in [0.15, 0.2) is 0 Å². The highest BCUT2D eigenvalue weighted by Crippen LogP contribution is 2.46. The summed E-state index contributed by atoms with van der Waals surface area (Å²) in [7, 11) is 0. The maximum absolute atomic E-state index is 13.2. The van der Waals surface area contributed by atoms with Gasteiger partial charge in [-0.3, -0.25) is 4.79 Å². The van der Waals surface area contributed by atoms with Crippen LogP contribution in [0.4, 0.5) is 0 Å². The monoisotopic (exact) mass is 428 g/mol. The van der Waals surface area contributed by atoms with Crippen molar-refractivity contribution in [3.63, 3.8) is 0 Å². The summed E-state index contributed by atoms with van der Waals surface area (Å²) < 4.78 is 5.08. The summed E-state index contributed by atoms with van der Waals surface area (Å²) in [6.07, 6.45) is 9.14. The van der Waals surface area contributed by atoms with Gasteiger partial charge in [-0.25, -0.2) is 9.80 Å². The fourth-order valence-corrected chi connectivity index (χ4v) is 4.50. The average molecular weight is 429 g/mol. The number of rotatable bonds is 8. The lowest BCUT2D eigenvalue weighted by atomic mass is 9.71. The topological polar surface area (TPSA) is 126 Å². The minimum absolute atomic E-state index is 0.140. The lowest BCUT2D eigenvalue weighted by Crippen LogP contribution is -2.42. The molecular weight excluding hydrogens is 396 g/mol. The molecule has 0 aromatic heterocycles. The maximum atomic E-state index is 13.2. The van der Waals surface area contributed by atoms with E-state index in [2.05, 4.69) is 23.7 Å². The number of hydrazone groups is 1. The highest BCUT2D eigenvalue weighted by molar-refractivity contribution is 5.94. The minimum atomic E-state index is -0.322. The van der Waals surface area contributed by atoms with Crippen LogP contribution in [-0.4, -0.2) is 54.2 Å². The molecule has 9 heteroatoms. The normalized spacial score (nSPS) is 27.1. The first-order valence-corrected chi connectivity index (χ1v) is 10.5. The predicted molar refractivity (Wildman–Crippen MR) is 119 cm³/mol. The first kappa shape index (κ1) is 22.6. The molecule has 2 aliphatic heterocycles. The number of likely N-dealkylation sites (tertiary alicyclic amines) is 1. The van der Waals surface area contributed by atoms with Gasteiger partial charge in [0.25, 0.3) is 0 Å². The van der Waals surface area contributed by atoms with Crippen molar-refractivity contribution in [3.8, 4) is 0 Å². The van der Waals surface area contributed by atoms with E-state index in [0.717, 1.165) is 37.8 Å². The van der Waals surface area contributed by atoms with Crippen LogP contribution in [-0.2, 0) is 14.3 Å². The molecule has 0 bridgehead atoms. The number of cyclic esters (lactones) is 1. The highest BCUT2D eigenvalue weighted by Gasteiger charge is 2.50. The summed E-state index contributed by atoms with van der Waals surface area (Å²) in [5.74, 6) is 0.189. The van der Waals surface area contributed by atoms with Gasteiger partial charge in [-0.1, -0.05) is 6.58 Å². The summed E-state index contributed by atoms with van der Waals surface area (Å²) in [5.41, 5.74) is 13.6. The van der Waals surface area contributed by atoms with E-state index < -0.39 is 0 Å². The Balaban J connectivity index is 1.51. The van der Waals surface area contributed by atoms with Crippen LogP contribution in [0.15, 0.2) is 52.8 Å². The Labute approximate surface area is 183 Å². The van der Waals surface area contributed by atoms with Gasteiger partial charge in [-0.2, -0.15) is 5.10 Å². The van der Waals surface area contributed by atoms with Crippen molar-refractivity contribution in [3.05, 3.63) is 47.7 Å². The minimum Gasteiger partial charge on any atom is -0.456 e. The number of carbonyl (C=O) groups is 2. The van der Waals surface area contributed by atoms with Crippen LogP contribution in [0.1, 0.15) is 39.0 Å². The number of nitrogens with one attached hydrogen (secondary N) is 1. The smallest absolute Gasteiger partial charge is 0.336 e. The van der Waals surface area contributed by atoms with Crippen LogP contribution in [0.25, 0.3) is 0 Å². The van der Waals surface area contributed by atoms with Crippen molar-refractivity contribution in [2.75, 3.05) is 19.7 Å². The molecule has 0 aromatic rings. The molecule has 1 saturated carbocycles. The van der Waals surface area contributed by atoms with Crippen LogP contribution < -0.4 is 16.8 Å². The molecule has 0 aromatic carbocycles. The Morgan fingerprint density at radius 1 is 1.32 bits per heavy atom. The van der Waals surface area contributed by atoms with Gasteiger partial charge >= 0.3 is 5.97 Å². The standard InChI is InChI=1S/C22H32N6O3/c1-4-28(25-3)19(24)6-5-16(23)13-26-17-7-9-22(10-8-17)11-12-27(21(22)30)18-14-31-20(29)15(18)2/h4-6,17,26H,1,3,7-14,23-24H2,2H3/b16-5-,19-6+. The Morgan fingerprint density at radius 3 is 2.61 bits per heavy atom. The van der Waals surface area contributed by atoms with Crippen LogP contribution in [0.2, 0.25) is 0 Å². The third-order valence-electron chi connectivity index (χ3n) is 6.51. The lowest BCUT2D eigenvalue weighted by Gasteiger charge is -2.36. The van der Waals surface area contributed by atoms with Crippen molar-refractivity contribution in [2.45, 2.75) is 45.1 Å². The number of nitrogens with two attached hydrogens (primary N) is 2. The Morgan fingerprint density at radius 2 is 2.03 bits per heavy atom. The third kappa shape index (κ3) is 4.66. The van der Waals surface area contributed by atoms with Crippen molar-refractivity contribution < 1.29 is 14.3 Å². The second-order valence-corrected chi connectivity index (χ2v) is 8.29. The molecule has 5 N–H and O–H groups in total. The fraction of sp³-hybridized carbons (Fsp3) is 0.500. The Kier molecular flexibility index (Phi) is 6.84. The van der Waals surface area contributed by atoms with Crippen molar-refractivity contribution in [1.29, 1.82) is 0 Å². The first-order chi connectivity index (χ1) is 14.8. The molecule has 1 spiro atoms. The molecular formula is C22H32N6O3. The highest BCUT2D eigenvalue weighted by atomic mass is 16.5. The van der Waals surface area contributed by atoms with E-state index in [-0.39, 0.29) is 23.9 Å². The van der Waals surface area contributed by atoms with Crippen molar-refractivity contribution >= 4 is 18.6 Å². The summed E-state index contributed by atoms with van der Waals surface area (Å²) in [5, 5.41) is 8.53. The number of hydrogen-bond donors (Lipinski definition) is 3. The van der Waals surface area contributed by atoms with Gasteiger partial charge in [0.1, 0.15) is 12.4 Å². The molecule has 1 saturated heterocycles. The Hall–Kier alpha value is -3.07. The van der Waals surface area contributed by atoms with Gasteiger partial charge in [0, 0.05) is 37.7 Å². The van der Waals surface area contributed by atoms with Crippen LogP contribution in [0.5, 0.6) is 0 Å². The largest absolute Gasteiger partial charge is 0.456 e. The predicted octanol–water partition coefficient (Wildman–Crippen LogP) is 1.27. The van der Waals surface area contributed by atoms with Gasteiger partial charge in [-0.15, -0.1) is 0 Å². The molecule has 0 radical (unpaired) electrons. The molecule has 9 nitrogen and oxygen atoms in total. The Bertz CT molecular complexity index is 843. The zero-order chi connectivity index (χ0) is 22.6. The summed E-state index contributed by atoms with van der Waals surface area (Å²) in [6.45, 7) is 10.1. The van der Waals surface area contributed by atoms with Crippen molar-refractivity contribution in [2.24, 2.45) is 22.0 Å². The summed E-state index contributed by atoms with van der Waals surface area (Å²) in [6, 6.07) is 0.303. The molecule has 1 amide bonds. The SMILES string of the molecule is C=CN(N=C)/C(N)=C/C=C(\N)CNC1CCC2(CC1)CCN(C1=C(C)C(=O)OC1)C2=O. The number of carbonyl (C=O) groups excluding carboxylic acids is 2. The second kappa shape index (κ2) is 9.38. The van der Waals surface area contributed by atoms with Crippen LogP contribution in [0.3, 0.4) is 0 Å². The van der Waals surface area contributed by atoms with E-state index in [0.29, 0.717) is 36.2 Å². The first-order valence-electron chi connectivity index (χ1n) is 10.5.